The Labute approximate surface area is 180 Å². The van der Waals surface area contributed by atoms with Crippen LogP contribution in [0.3, 0.4) is 0 Å². The first-order chi connectivity index (χ1) is 14.7. The van der Waals surface area contributed by atoms with E-state index in [0.29, 0.717) is 17.8 Å². The molecule has 2 aromatic heterocycles. The molecule has 152 valence electrons. The minimum atomic E-state index is -0.0725. The standard InChI is InChI=1S/C25H25N3OS/c1-16(19-12-11-17-7-5-6-10-20(17)13-19)26-15-23-27-24(29)21-14-22(30-25(21)28-23)18-8-3-2-4-9-18/h2-4,8-9,11-14,16,26H,5-7,10,15H2,1H3,(H,27,28,29). The molecular formula is C25H25N3OS. The molecule has 0 saturated heterocycles. The topological polar surface area (TPSA) is 57.8 Å². The Morgan fingerprint density at radius 1 is 1.07 bits per heavy atom. The lowest BCUT2D eigenvalue weighted by Gasteiger charge is -2.20. The van der Waals surface area contributed by atoms with E-state index >= 15 is 0 Å². The maximum Gasteiger partial charge on any atom is 0.259 e. The van der Waals surface area contributed by atoms with Gasteiger partial charge in [0, 0.05) is 10.9 Å². The van der Waals surface area contributed by atoms with Gasteiger partial charge in [0.1, 0.15) is 10.7 Å². The number of nitrogens with zero attached hydrogens (tertiary/aromatic N) is 1. The van der Waals surface area contributed by atoms with Gasteiger partial charge in [-0.05, 0) is 60.9 Å². The molecule has 2 N–H and O–H groups in total. The van der Waals surface area contributed by atoms with Gasteiger partial charge >= 0.3 is 0 Å². The predicted octanol–water partition coefficient (Wildman–Crippen LogP) is 5.38. The van der Waals surface area contributed by atoms with Crippen LogP contribution in [0.5, 0.6) is 0 Å². The molecule has 0 spiro atoms. The molecule has 0 saturated carbocycles. The van der Waals surface area contributed by atoms with Crippen LogP contribution >= 0.6 is 11.3 Å². The van der Waals surface area contributed by atoms with Crippen molar-refractivity contribution in [1.82, 2.24) is 15.3 Å². The number of fused-ring (bicyclic) bond motifs is 2. The van der Waals surface area contributed by atoms with E-state index in [4.69, 9.17) is 4.98 Å². The summed E-state index contributed by atoms with van der Waals surface area (Å²) in [4.78, 5) is 22.1. The third-order valence-electron chi connectivity index (χ3n) is 5.96. The van der Waals surface area contributed by atoms with Crippen LogP contribution in [0.25, 0.3) is 20.7 Å². The summed E-state index contributed by atoms with van der Waals surface area (Å²) < 4.78 is 0. The van der Waals surface area contributed by atoms with E-state index in [1.165, 1.54) is 42.4 Å². The number of benzene rings is 2. The minimum Gasteiger partial charge on any atom is -0.309 e. The third-order valence-corrected chi connectivity index (χ3v) is 7.04. The fourth-order valence-electron chi connectivity index (χ4n) is 4.19. The zero-order valence-electron chi connectivity index (χ0n) is 17.1. The normalized spacial score (nSPS) is 14.6. The van der Waals surface area contributed by atoms with Gasteiger partial charge in [-0.15, -0.1) is 11.3 Å². The smallest absolute Gasteiger partial charge is 0.259 e. The van der Waals surface area contributed by atoms with Gasteiger partial charge < -0.3 is 10.3 Å². The highest BCUT2D eigenvalue weighted by atomic mass is 32.1. The van der Waals surface area contributed by atoms with Crippen molar-refractivity contribution in [3.05, 3.63) is 87.5 Å². The Morgan fingerprint density at radius 3 is 2.70 bits per heavy atom. The van der Waals surface area contributed by atoms with E-state index in [0.717, 1.165) is 15.3 Å². The van der Waals surface area contributed by atoms with Crippen molar-refractivity contribution in [3.63, 3.8) is 0 Å². The molecule has 2 aromatic carbocycles. The number of aromatic nitrogens is 2. The van der Waals surface area contributed by atoms with E-state index in [2.05, 4.69) is 47.6 Å². The fraction of sp³-hybridized carbons (Fsp3) is 0.280. The van der Waals surface area contributed by atoms with Gasteiger partial charge in [0.25, 0.3) is 5.56 Å². The number of hydrogen-bond donors (Lipinski definition) is 2. The maximum absolute atomic E-state index is 12.6. The SMILES string of the molecule is CC(NCc1nc2sc(-c3ccccc3)cc2c(=O)[nH]1)c1ccc2c(c1)CCCC2. The van der Waals surface area contributed by atoms with Gasteiger partial charge in [-0.3, -0.25) is 4.79 Å². The van der Waals surface area contributed by atoms with Crippen molar-refractivity contribution in [1.29, 1.82) is 0 Å². The molecule has 0 fully saturated rings. The predicted molar refractivity (Wildman–Crippen MR) is 124 cm³/mol. The van der Waals surface area contributed by atoms with Crippen LogP contribution < -0.4 is 10.9 Å². The highest BCUT2D eigenvalue weighted by molar-refractivity contribution is 7.21. The van der Waals surface area contributed by atoms with Gasteiger partial charge in [0.15, 0.2) is 0 Å². The van der Waals surface area contributed by atoms with E-state index in [-0.39, 0.29) is 11.6 Å². The van der Waals surface area contributed by atoms with Gasteiger partial charge in [0.05, 0.1) is 11.9 Å². The minimum absolute atomic E-state index is 0.0725. The molecule has 0 amide bonds. The number of nitrogens with one attached hydrogen (secondary N) is 2. The summed E-state index contributed by atoms with van der Waals surface area (Å²) in [6.45, 7) is 2.70. The molecule has 0 aliphatic heterocycles. The summed E-state index contributed by atoms with van der Waals surface area (Å²) in [5.41, 5.74) is 5.33. The molecule has 1 aliphatic rings. The molecule has 5 rings (SSSR count). The van der Waals surface area contributed by atoms with Gasteiger partial charge in [-0.1, -0.05) is 48.5 Å². The number of aromatic amines is 1. The molecule has 1 atom stereocenters. The van der Waals surface area contributed by atoms with Crippen molar-refractivity contribution in [2.75, 3.05) is 0 Å². The first-order valence-electron chi connectivity index (χ1n) is 10.6. The highest BCUT2D eigenvalue weighted by Gasteiger charge is 2.14. The zero-order valence-corrected chi connectivity index (χ0v) is 17.9. The van der Waals surface area contributed by atoms with Crippen molar-refractivity contribution in [2.24, 2.45) is 0 Å². The number of H-pyrrole nitrogens is 1. The van der Waals surface area contributed by atoms with Crippen LogP contribution in [0.15, 0.2) is 59.4 Å². The average Bonchev–Trinajstić information content (AvgIpc) is 3.23. The summed E-state index contributed by atoms with van der Waals surface area (Å²) >= 11 is 1.57. The first-order valence-corrected chi connectivity index (χ1v) is 11.4. The Balaban J connectivity index is 1.34. The molecule has 5 heteroatoms. The molecule has 0 radical (unpaired) electrons. The van der Waals surface area contributed by atoms with Crippen molar-refractivity contribution in [3.8, 4) is 10.4 Å². The second-order valence-electron chi connectivity index (χ2n) is 8.05. The van der Waals surface area contributed by atoms with E-state index in [1.54, 1.807) is 11.3 Å². The van der Waals surface area contributed by atoms with Crippen LogP contribution in [0, 0.1) is 0 Å². The first kappa shape index (κ1) is 19.2. The fourth-order valence-corrected chi connectivity index (χ4v) is 5.25. The zero-order chi connectivity index (χ0) is 20.5. The number of rotatable bonds is 5. The van der Waals surface area contributed by atoms with E-state index in [9.17, 15) is 4.79 Å². The van der Waals surface area contributed by atoms with Gasteiger partial charge in [-0.25, -0.2) is 4.98 Å². The quantitative estimate of drug-likeness (QED) is 0.460. The molecule has 4 aromatic rings. The monoisotopic (exact) mass is 415 g/mol. The molecule has 1 aliphatic carbocycles. The third kappa shape index (κ3) is 3.83. The Kier molecular flexibility index (Phi) is 5.23. The lowest BCUT2D eigenvalue weighted by atomic mass is 9.89. The summed E-state index contributed by atoms with van der Waals surface area (Å²) in [5, 5.41) is 4.18. The maximum atomic E-state index is 12.6. The summed E-state index contributed by atoms with van der Waals surface area (Å²) in [6, 6.07) is 19.1. The Bertz CT molecular complexity index is 1240. The lowest BCUT2D eigenvalue weighted by molar-refractivity contribution is 0.558. The van der Waals surface area contributed by atoms with Crippen molar-refractivity contribution in [2.45, 2.75) is 45.2 Å². The summed E-state index contributed by atoms with van der Waals surface area (Å²) in [6.07, 6.45) is 4.98. The van der Waals surface area contributed by atoms with Gasteiger partial charge in [0.2, 0.25) is 0 Å². The number of aryl methyl sites for hydroxylation is 2. The van der Waals surface area contributed by atoms with Crippen LogP contribution in [-0.2, 0) is 19.4 Å². The molecule has 1 unspecified atom stereocenters. The highest BCUT2D eigenvalue weighted by Crippen LogP contribution is 2.30. The van der Waals surface area contributed by atoms with E-state index < -0.39 is 0 Å². The average molecular weight is 416 g/mol. The van der Waals surface area contributed by atoms with Crippen LogP contribution in [0.1, 0.15) is 48.3 Å². The molecular weight excluding hydrogens is 390 g/mol. The Hall–Kier alpha value is -2.76. The van der Waals surface area contributed by atoms with E-state index in [1.807, 2.05) is 24.3 Å². The molecule has 30 heavy (non-hydrogen) atoms. The van der Waals surface area contributed by atoms with Crippen LogP contribution in [0.4, 0.5) is 0 Å². The largest absolute Gasteiger partial charge is 0.309 e. The van der Waals surface area contributed by atoms with Gasteiger partial charge in [-0.2, -0.15) is 0 Å². The summed E-state index contributed by atoms with van der Waals surface area (Å²) in [7, 11) is 0. The van der Waals surface area contributed by atoms with Crippen molar-refractivity contribution < 1.29 is 0 Å². The number of thiophene rings is 1. The molecule has 2 heterocycles. The second kappa shape index (κ2) is 8.17. The molecule has 0 bridgehead atoms. The molecule has 4 nitrogen and oxygen atoms in total. The van der Waals surface area contributed by atoms with Crippen LogP contribution in [0.2, 0.25) is 0 Å². The lowest BCUT2D eigenvalue weighted by Crippen LogP contribution is -2.22. The Morgan fingerprint density at radius 2 is 1.87 bits per heavy atom. The number of hydrogen-bond acceptors (Lipinski definition) is 4. The van der Waals surface area contributed by atoms with Crippen molar-refractivity contribution >= 4 is 21.6 Å². The van der Waals surface area contributed by atoms with Crippen LogP contribution in [-0.4, -0.2) is 9.97 Å². The summed E-state index contributed by atoms with van der Waals surface area (Å²) in [5.74, 6) is 0.679. The second-order valence-corrected chi connectivity index (χ2v) is 9.08.